The van der Waals surface area contributed by atoms with Crippen molar-refractivity contribution in [2.24, 2.45) is 5.10 Å². The molecule has 1 aliphatic rings. The molecule has 32 heavy (non-hydrogen) atoms. The number of rotatable bonds is 5. The van der Waals surface area contributed by atoms with E-state index >= 15 is 0 Å². The number of nitrogens with zero attached hydrogens (tertiary/aromatic N) is 3. The van der Waals surface area contributed by atoms with E-state index in [1.165, 1.54) is 6.92 Å². The lowest BCUT2D eigenvalue weighted by molar-refractivity contribution is -0.114. The van der Waals surface area contributed by atoms with Crippen LogP contribution in [0.1, 0.15) is 36.1 Å². The van der Waals surface area contributed by atoms with Gasteiger partial charge in [0.25, 0.3) is 0 Å². The SMILES string of the molecule is COc1cc2c(cc1OC)C(c1ccc(NC(C)=O)c(C)c1)=NN(c1nccs1)C(C)C2. The molecule has 166 valence electrons. The number of aryl methyl sites for hydroxylation is 1. The van der Waals surface area contributed by atoms with E-state index < -0.39 is 0 Å². The molecule has 2 heterocycles. The van der Waals surface area contributed by atoms with Gasteiger partial charge in [-0.25, -0.2) is 9.99 Å². The molecule has 0 fully saturated rings. The number of carbonyl (C=O) groups excluding carboxylic acids is 1. The van der Waals surface area contributed by atoms with Crippen molar-refractivity contribution in [1.82, 2.24) is 4.98 Å². The van der Waals surface area contributed by atoms with Crippen molar-refractivity contribution in [3.05, 3.63) is 64.2 Å². The minimum atomic E-state index is -0.0985. The van der Waals surface area contributed by atoms with Gasteiger partial charge in [0.2, 0.25) is 11.0 Å². The molecule has 1 atom stereocenters. The fourth-order valence-electron chi connectivity index (χ4n) is 3.89. The van der Waals surface area contributed by atoms with E-state index in [2.05, 4.69) is 17.2 Å². The first kappa shape index (κ1) is 21.8. The zero-order chi connectivity index (χ0) is 22.8. The van der Waals surface area contributed by atoms with Gasteiger partial charge in [-0.1, -0.05) is 6.07 Å². The van der Waals surface area contributed by atoms with Crippen LogP contribution in [0.15, 0.2) is 47.0 Å². The number of thiazole rings is 1. The van der Waals surface area contributed by atoms with Gasteiger partial charge in [-0.15, -0.1) is 11.3 Å². The number of benzene rings is 2. The summed E-state index contributed by atoms with van der Waals surface area (Å²) < 4.78 is 11.1. The molecule has 1 unspecified atom stereocenters. The van der Waals surface area contributed by atoms with E-state index in [1.54, 1.807) is 31.8 Å². The summed E-state index contributed by atoms with van der Waals surface area (Å²) in [5.74, 6) is 1.25. The molecule has 1 amide bonds. The van der Waals surface area contributed by atoms with Gasteiger partial charge in [-0.05, 0) is 55.7 Å². The number of hydrazone groups is 1. The summed E-state index contributed by atoms with van der Waals surface area (Å²) >= 11 is 1.56. The fraction of sp³-hybridized carbons (Fsp3) is 0.292. The van der Waals surface area contributed by atoms with E-state index in [0.29, 0.717) is 11.5 Å². The Balaban J connectivity index is 1.91. The molecule has 1 aliphatic heterocycles. The van der Waals surface area contributed by atoms with Crippen molar-refractivity contribution in [2.45, 2.75) is 33.2 Å². The molecule has 3 aromatic rings. The minimum absolute atomic E-state index is 0.0928. The lowest BCUT2D eigenvalue weighted by Crippen LogP contribution is -2.29. The maximum absolute atomic E-state index is 11.5. The number of carbonyl (C=O) groups is 1. The Hall–Kier alpha value is -3.39. The number of methoxy groups -OCH3 is 2. The molecule has 1 N–H and O–H groups in total. The number of hydrogen-bond acceptors (Lipinski definition) is 7. The monoisotopic (exact) mass is 450 g/mol. The summed E-state index contributed by atoms with van der Waals surface area (Å²) in [6.07, 6.45) is 2.56. The Morgan fingerprint density at radius 3 is 2.56 bits per heavy atom. The van der Waals surface area contributed by atoms with E-state index in [4.69, 9.17) is 14.6 Å². The van der Waals surface area contributed by atoms with Crippen LogP contribution in [0.2, 0.25) is 0 Å². The third-order valence-electron chi connectivity index (χ3n) is 5.43. The van der Waals surface area contributed by atoms with Crippen molar-refractivity contribution in [3.8, 4) is 11.5 Å². The maximum atomic E-state index is 11.5. The van der Waals surface area contributed by atoms with Gasteiger partial charge in [0, 0.05) is 35.3 Å². The summed E-state index contributed by atoms with van der Waals surface area (Å²) in [6.45, 7) is 5.62. The van der Waals surface area contributed by atoms with Gasteiger partial charge in [0.1, 0.15) is 0 Å². The highest BCUT2D eigenvalue weighted by atomic mass is 32.1. The Morgan fingerprint density at radius 2 is 1.94 bits per heavy atom. The van der Waals surface area contributed by atoms with Gasteiger partial charge >= 0.3 is 0 Å². The van der Waals surface area contributed by atoms with Crippen LogP contribution in [0.5, 0.6) is 11.5 Å². The van der Waals surface area contributed by atoms with Crippen LogP contribution < -0.4 is 19.8 Å². The van der Waals surface area contributed by atoms with Gasteiger partial charge in [-0.3, -0.25) is 4.79 Å². The third-order valence-corrected chi connectivity index (χ3v) is 6.19. The van der Waals surface area contributed by atoms with Crippen molar-refractivity contribution in [3.63, 3.8) is 0 Å². The first-order chi connectivity index (χ1) is 15.4. The molecular formula is C24H26N4O3S. The Bertz CT molecular complexity index is 1170. The normalized spacial score (nSPS) is 15.5. The van der Waals surface area contributed by atoms with Crippen LogP contribution in [-0.4, -0.2) is 36.9 Å². The van der Waals surface area contributed by atoms with Crippen molar-refractivity contribution in [1.29, 1.82) is 0 Å². The molecule has 0 saturated carbocycles. The number of nitrogens with one attached hydrogen (secondary N) is 1. The Morgan fingerprint density at radius 1 is 1.19 bits per heavy atom. The lowest BCUT2D eigenvalue weighted by Gasteiger charge is -2.22. The van der Waals surface area contributed by atoms with Crippen LogP contribution in [0, 0.1) is 6.92 Å². The molecule has 7 nitrogen and oxygen atoms in total. The van der Waals surface area contributed by atoms with Gasteiger partial charge in [0.05, 0.1) is 26.0 Å². The minimum Gasteiger partial charge on any atom is -0.493 e. The molecule has 0 aliphatic carbocycles. The topological polar surface area (TPSA) is 76.1 Å². The largest absolute Gasteiger partial charge is 0.493 e. The van der Waals surface area contributed by atoms with E-state index in [1.807, 2.05) is 47.6 Å². The van der Waals surface area contributed by atoms with Gasteiger partial charge in [-0.2, -0.15) is 5.10 Å². The van der Waals surface area contributed by atoms with E-state index in [0.717, 1.165) is 45.2 Å². The lowest BCUT2D eigenvalue weighted by atomic mass is 9.93. The zero-order valence-electron chi connectivity index (χ0n) is 18.8. The third kappa shape index (κ3) is 4.18. The summed E-state index contributed by atoms with van der Waals surface area (Å²) in [5, 5.41) is 12.7. The second-order valence-electron chi connectivity index (χ2n) is 7.74. The van der Waals surface area contributed by atoms with Crippen molar-refractivity contribution in [2.75, 3.05) is 24.5 Å². The molecular weight excluding hydrogens is 424 g/mol. The first-order valence-electron chi connectivity index (χ1n) is 10.3. The summed E-state index contributed by atoms with van der Waals surface area (Å²) in [7, 11) is 3.28. The van der Waals surface area contributed by atoms with Crippen molar-refractivity contribution >= 4 is 33.8 Å². The van der Waals surface area contributed by atoms with Crippen LogP contribution in [0.25, 0.3) is 0 Å². The van der Waals surface area contributed by atoms with Crippen LogP contribution in [0.4, 0.5) is 10.8 Å². The smallest absolute Gasteiger partial charge is 0.221 e. The van der Waals surface area contributed by atoms with Crippen LogP contribution in [-0.2, 0) is 11.2 Å². The number of hydrogen-bond donors (Lipinski definition) is 1. The first-order valence-corrected chi connectivity index (χ1v) is 11.2. The molecule has 0 radical (unpaired) electrons. The molecule has 1 aromatic heterocycles. The van der Waals surface area contributed by atoms with E-state index in [-0.39, 0.29) is 11.9 Å². The number of aromatic nitrogens is 1. The van der Waals surface area contributed by atoms with E-state index in [9.17, 15) is 4.79 Å². The Labute approximate surface area is 191 Å². The average Bonchev–Trinajstić information content (AvgIpc) is 3.25. The molecule has 0 saturated heterocycles. The number of amides is 1. The molecule has 0 spiro atoms. The number of fused-ring (bicyclic) bond motifs is 1. The number of ether oxygens (including phenoxy) is 2. The highest BCUT2D eigenvalue weighted by Gasteiger charge is 2.27. The number of anilines is 2. The summed E-state index contributed by atoms with van der Waals surface area (Å²) in [5.41, 5.74) is 5.61. The average molecular weight is 451 g/mol. The predicted molar refractivity (Wildman–Crippen MR) is 128 cm³/mol. The summed E-state index contributed by atoms with van der Waals surface area (Å²) in [4.78, 5) is 16.0. The molecule has 2 aromatic carbocycles. The van der Waals surface area contributed by atoms with Crippen molar-refractivity contribution < 1.29 is 14.3 Å². The highest BCUT2D eigenvalue weighted by Crippen LogP contribution is 2.36. The van der Waals surface area contributed by atoms with Crippen LogP contribution >= 0.6 is 11.3 Å². The fourth-order valence-corrected chi connectivity index (χ4v) is 4.58. The van der Waals surface area contributed by atoms with Gasteiger partial charge < -0.3 is 14.8 Å². The molecule has 8 heteroatoms. The summed E-state index contributed by atoms with van der Waals surface area (Å²) in [6, 6.07) is 10.0. The maximum Gasteiger partial charge on any atom is 0.221 e. The van der Waals surface area contributed by atoms with Crippen LogP contribution in [0.3, 0.4) is 0 Å². The molecule has 4 rings (SSSR count). The highest BCUT2D eigenvalue weighted by molar-refractivity contribution is 7.13. The Kier molecular flexibility index (Phi) is 6.14. The quantitative estimate of drug-likeness (QED) is 0.613. The zero-order valence-corrected chi connectivity index (χ0v) is 19.6. The van der Waals surface area contributed by atoms with Gasteiger partial charge in [0.15, 0.2) is 11.5 Å². The predicted octanol–water partition coefficient (Wildman–Crippen LogP) is 4.63. The molecule has 0 bridgehead atoms. The second kappa shape index (κ2) is 9.00. The second-order valence-corrected chi connectivity index (χ2v) is 8.61. The standard InChI is InChI=1S/C24H26N4O3S/c1-14-10-17(6-7-20(14)26-16(3)29)23-19-13-22(31-5)21(30-4)12-18(19)11-15(2)28(27-23)24-25-8-9-32-24/h6-10,12-13,15H,11H2,1-5H3,(H,26,29).